The van der Waals surface area contributed by atoms with Crippen molar-refractivity contribution >= 4 is 29.0 Å². The summed E-state index contributed by atoms with van der Waals surface area (Å²) in [5, 5.41) is 11.1. The minimum absolute atomic E-state index is 0.144. The van der Waals surface area contributed by atoms with Crippen LogP contribution < -0.4 is 4.90 Å². The van der Waals surface area contributed by atoms with E-state index in [-0.39, 0.29) is 17.3 Å². The first-order chi connectivity index (χ1) is 12.3. The Kier molecular flexibility index (Phi) is 4.88. The van der Waals surface area contributed by atoms with Crippen LogP contribution in [0.15, 0.2) is 59.9 Å². The van der Waals surface area contributed by atoms with E-state index in [4.69, 9.17) is 11.6 Å². The lowest BCUT2D eigenvalue weighted by atomic mass is 9.90. The van der Waals surface area contributed by atoms with Gasteiger partial charge in [-0.3, -0.25) is 14.5 Å². The summed E-state index contributed by atoms with van der Waals surface area (Å²) in [6, 6.07) is 13.7. The number of hydrogen-bond acceptors (Lipinski definition) is 3. The van der Waals surface area contributed by atoms with Gasteiger partial charge in [-0.15, -0.1) is 0 Å². The maximum absolute atomic E-state index is 12.8. The van der Waals surface area contributed by atoms with E-state index in [1.165, 1.54) is 4.90 Å². The molecule has 0 radical (unpaired) electrons. The summed E-state index contributed by atoms with van der Waals surface area (Å²) in [6.45, 7) is 5.46. The van der Waals surface area contributed by atoms with E-state index in [2.05, 4.69) is 0 Å². The first-order valence-electron chi connectivity index (χ1n) is 8.44. The van der Waals surface area contributed by atoms with Crippen LogP contribution in [-0.4, -0.2) is 16.8 Å². The summed E-state index contributed by atoms with van der Waals surface area (Å²) in [7, 11) is 0. The van der Waals surface area contributed by atoms with Crippen molar-refractivity contribution in [3.8, 4) is 0 Å². The standard InChI is InChI=1S/C21H20ClNO3/c1-12(2)19(24)17-18(14-6-4-5-13(3)11-14)23(21(26)20(17)25)16-9-7-15(22)8-10-16/h4-12,18,25H,1-3H3. The van der Waals surface area contributed by atoms with Gasteiger partial charge in [0.2, 0.25) is 0 Å². The molecule has 1 atom stereocenters. The summed E-state index contributed by atoms with van der Waals surface area (Å²) in [6.07, 6.45) is 0. The van der Waals surface area contributed by atoms with Crippen LogP contribution in [0.5, 0.6) is 0 Å². The number of ketones is 1. The number of amides is 1. The summed E-state index contributed by atoms with van der Waals surface area (Å²) in [4.78, 5) is 27.1. The van der Waals surface area contributed by atoms with Crippen LogP contribution in [0, 0.1) is 12.8 Å². The molecule has 0 spiro atoms. The molecule has 1 N–H and O–H groups in total. The Hall–Kier alpha value is -2.59. The number of carbonyl (C=O) groups excluding carboxylic acids is 2. The highest BCUT2D eigenvalue weighted by Crippen LogP contribution is 2.42. The third kappa shape index (κ3) is 3.13. The molecule has 1 heterocycles. The second-order valence-corrected chi connectivity index (χ2v) is 7.19. The summed E-state index contributed by atoms with van der Waals surface area (Å²) in [5.74, 6) is -1.63. The Balaban J connectivity index is 2.19. The number of hydrogen-bond donors (Lipinski definition) is 1. The van der Waals surface area contributed by atoms with Crippen LogP contribution in [0.2, 0.25) is 5.02 Å². The molecule has 1 aliphatic heterocycles. The van der Waals surface area contributed by atoms with Gasteiger partial charge in [0, 0.05) is 16.6 Å². The molecule has 134 valence electrons. The van der Waals surface area contributed by atoms with E-state index in [9.17, 15) is 14.7 Å². The van der Waals surface area contributed by atoms with Crippen molar-refractivity contribution in [3.05, 3.63) is 76.0 Å². The third-order valence-electron chi connectivity index (χ3n) is 4.46. The largest absolute Gasteiger partial charge is 0.503 e. The molecule has 1 unspecified atom stereocenters. The Morgan fingerprint density at radius 3 is 2.38 bits per heavy atom. The lowest BCUT2D eigenvalue weighted by Gasteiger charge is -2.27. The van der Waals surface area contributed by atoms with Gasteiger partial charge in [0.15, 0.2) is 11.5 Å². The molecule has 5 heteroatoms. The fourth-order valence-corrected chi connectivity index (χ4v) is 3.32. The van der Waals surface area contributed by atoms with Gasteiger partial charge < -0.3 is 5.11 Å². The molecular weight excluding hydrogens is 350 g/mol. The highest BCUT2D eigenvalue weighted by molar-refractivity contribution is 6.30. The summed E-state index contributed by atoms with van der Waals surface area (Å²) in [5.41, 5.74) is 2.50. The van der Waals surface area contributed by atoms with E-state index in [0.29, 0.717) is 10.7 Å². The number of rotatable bonds is 4. The molecule has 26 heavy (non-hydrogen) atoms. The van der Waals surface area contributed by atoms with Crippen LogP contribution in [0.1, 0.15) is 31.0 Å². The van der Waals surface area contributed by atoms with Gasteiger partial charge in [0.1, 0.15) is 0 Å². The van der Waals surface area contributed by atoms with Crippen LogP contribution in [-0.2, 0) is 9.59 Å². The minimum atomic E-state index is -0.668. The Morgan fingerprint density at radius 2 is 1.81 bits per heavy atom. The average Bonchev–Trinajstić information content (AvgIpc) is 2.86. The van der Waals surface area contributed by atoms with Crippen molar-refractivity contribution in [2.75, 3.05) is 4.90 Å². The Labute approximate surface area is 157 Å². The molecule has 0 bridgehead atoms. The van der Waals surface area contributed by atoms with Crippen molar-refractivity contribution in [2.24, 2.45) is 5.92 Å². The van der Waals surface area contributed by atoms with Gasteiger partial charge >= 0.3 is 0 Å². The number of nitrogens with zero attached hydrogens (tertiary/aromatic N) is 1. The lowest BCUT2D eigenvalue weighted by molar-refractivity contribution is -0.119. The maximum atomic E-state index is 12.8. The second-order valence-electron chi connectivity index (χ2n) is 6.75. The monoisotopic (exact) mass is 369 g/mol. The quantitative estimate of drug-likeness (QED) is 0.844. The number of halogens is 1. The smallest absolute Gasteiger partial charge is 0.294 e. The molecule has 0 aromatic heterocycles. The van der Waals surface area contributed by atoms with Gasteiger partial charge in [0.25, 0.3) is 5.91 Å². The van der Waals surface area contributed by atoms with Crippen molar-refractivity contribution in [2.45, 2.75) is 26.8 Å². The Morgan fingerprint density at radius 1 is 1.15 bits per heavy atom. The van der Waals surface area contributed by atoms with Gasteiger partial charge in [-0.05, 0) is 36.8 Å². The zero-order chi connectivity index (χ0) is 19.0. The van der Waals surface area contributed by atoms with Crippen molar-refractivity contribution < 1.29 is 14.7 Å². The number of aliphatic hydroxyl groups is 1. The predicted molar refractivity (Wildman–Crippen MR) is 102 cm³/mol. The van der Waals surface area contributed by atoms with Crippen molar-refractivity contribution in [1.29, 1.82) is 0 Å². The molecule has 1 aliphatic rings. The topological polar surface area (TPSA) is 57.6 Å². The van der Waals surface area contributed by atoms with E-state index in [1.807, 2.05) is 31.2 Å². The van der Waals surface area contributed by atoms with Crippen LogP contribution in [0.25, 0.3) is 0 Å². The molecule has 0 saturated carbocycles. The van der Waals surface area contributed by atoms with E-state index in [1.54, 1.807) is 38.1 Å². The number of Topliss-reactive ketones (excluding diaryl/α,β-unsaturated/α-hetero) is 1. The lowest BCUT2D eigenvalue weighted by Crippen LogP contribution is -2.31. The first kappa shape index (κ1) is 18.2. The van der Waals surface area contributed by atoms with Crippen LogP contribution in [0.4, 0.5) is 5.69 Å². The summed E-state index contributed by atoms with van der Waals surface area (Å²) < 4.78 is 0. The van der Waals surface area contributed by atoms with Gasteiger partial charge in [-0.1, -0.05) is 55.3 Å². The third-order valence-corrected chi connectivity index (χ3v) is 4.71. The molecule has 1 amide bonds. The number of aryl methyl sites for hydroxylation is 1. The molecule has 2 aromatic rings. The molecule has 0 aliphatic carbocycles. The molecule has 2 aromatic carbocycles. The highest BCUT2D eigenvalue weighted by Gasteiger charge is 2.44. The average molecular weight is 370 g/mol. The predicted octanol–water partition coefficient (Wildman–Crippen LogP) is 4.77. The van der Waals surface area contributed by atoms with E-state index < -0.39 is 17.7 Å². The summed E-state index contributed by atoms with van der Waals surface area (Å²) >= 11 is 5.96. The van der Waals surface area contributed by atoms with Gasteiger partial charge in [0.05, 0.1) is 11.6 Å². The molecular formula is C21H20ClNO3. The normalized spacial score (nSPS) is 17.3. The van der Waals surface area contributed by atoms with E-state index in [0.717, 1.165) is 11.1 Å². The zero-order valence-electron chi connectivity index (χ0n) is 14.9. The number of aliphatic hydroxyl groups excluding tert-OH is 1. The number of carbonyl (C=O) groups is 2. The minimum Gasteiger partial charge on any atom is -0.503 e. The SMILES string of the molecule is Cc1cccc(C2C(C(=O)C(C)C)=C(O)C(=O)N2c2ccc(Cl)cc2)c1. The fraction of sp³-hybridized carbons (Fsp3) is 0.238. The van der Waals surface area contributed by atoms with Crippen LogP contribution >= 0.6 is 11.6 Å². The first-order valence-corrected chi connectivity index (χ1v) is 8.82. The van der Waals surface area contributed by atoms with Crippen LogP contribution in [0.3, 0.4) is 0 Å². The van der Waals surface area contributed by atoms with E-state index >= 15 is 0 Å². The number of anilines is 1. The second kappa shape index (κ2) is 6.96. The highest BCUT2D eigenvalue weighted by atomic mass is 35.5. The number of benzene rings is 2. The van der Waals surface area contributed by atoms with Gasteiger partial charge in [-0.25, -0.2) is 0 Å². The van der Waals surface area contributed by atoms with Crippen molar-refractivity contribution in [3.63, 3.8) is 0 Å². The molecule has 4 nitrogen and oxygen atoms in total. The molecule has 3 rings (SSSR count). The fourth-order valence-electron chi connectivity index (χ4n) is 3.19. The molecule has 0 fully saturated rings. The molecule has 0 saturated heterocycles. The van der Waals surface area contributed by atoms with Gasteiger partial charge in [-0.2, -0.15) is 0 Å². The van der Waals surface area contributed by atoms with Crippen molar-refractivity contribution in [1.82, 2.24) is 0 Å². The Bertz CT molecular complexity index is 900. The zero-order valence-corrected chi connectivity index (χ0v) is 15.6. The maximum Gasteiger partial charge on any atom is 0.294 e.